The Morgan fingerprint density at radius 2 is 1.54 bits per heavy atom. The third-order valence-electron chi connectivity index (χ3n) is 7.21. The molecule has 0 unspecified atom stereocenters. The van der Waals surface area contributed by atoms with Crippen LogP contribution in [0.2, 0.25) is 0 Å². The fourth-order valence-corrected chi connectivity index (χ4v) is 5.14. The van der Waals surface area contributed by atoms with Crippen LogP contribution in [0, 0.1) is 0 Å². The summed E-state index contributed by atoms with van der Waals surface area (Å²) in [7, 11) is 2.08. The van der Waals surface area contributed by atoms with Gasteiger partial charge in [-0.25, -0.2) is 0 Å². The quantitative estimate of drug-likeness (QED) is 0.349. The molecule has 1 aliphatic rings. The Bertz CT molecular complexity index is 1620. The Morgan fingerprint density at radius 3 is 2.31 bits per heavy atom. The fraction of sp³-hybridized carbons (Fsp3) is 0.200. The second-order valence-electron chi connectivity index (χ2n) is 9.55. The molecule has 0 saturated carbocycles. The van der Waals surface area contributed by atoms with Gasteiger partial charge in [-0.15, -0.1) is 0 Å². The van der Waals surface area contributed by atoms with E-state index in [1.54, 1.807) is 6.92 Å². The SMILES string of the molecule is CC(=O)c1cc(-c2ccc3ccccc3c2)cc2c1[nH]c1cc(C(=O)N3CCN(C)CC3)ccc12. The number of piperazine rings is 1. The molecule has 5 nitrogen and oxygen atoms in total. The van der Waals surface area contributed by atoms with Gasteiger partial charge in [-0.2, -0.15) is 0 Å². The third-order valence-corrected chi connectivity index (χ3v) is 7.21. The van der Waals surface area contributed by atoms with Crippen molar-refractivity contribution >= 4 is 44.3 Å². The first-order valence-corrected chi connectivity index (χ1v) is 12.1. The first-order chi connectivity index (χ1) is 17.0. The van der Waals surface area contributed by atoms with Crippen molar-refractivity contribution < 1.29 is 9.59 Å². The zero-order chi connectivity index (χ0) is 24.1. The summed E-state index contributed by atoms with van der Waals surface area (Å²) in [6, 6.07) is 24.6. The number of hydrogen-bond donors (Lipinski definition) is 1. The number of aromatic nitrogens is 1. The lowest BCUT2D eigenvalue weighted by molar-refractivity contribution is 0.0664. The van der Waals surface area contributed by atoms with E-state index in [1.165, 1.54) is 10.8 Å². The van der Waals surface area contributed by atoms with E-state index in [-0.39, 0.29) is 11.7 Å². The van der Waals surface area contributed by atoms with Gasteiger partial charge < -0.3 is 14.8 Å². The van der Waals surface area contributed by atoms with Crippen LogP contribution in [0.5, 0.6) is 0 Å². The maximum absolute atomic E-state index is 13.1. The van der Waals surface area contributed by atoms with Gasteiger partial charge in [0.15, 0.2) is 5.78 Å². The predicted octanol–water partition coefficient (Wildman–Crippen LogP) is 5.73. The first-order valence-electron chi connectivity index (χ1n) is 12.1. The van der Waals surface area contributed by atoms with Crippen molar-refractivity contribution in [2.24, 2.45) is 0 Å². The molecule has 0 bridgehead atoms. The topological polar surface area (TPSA) is 56.4 Å². The second kappa shape index (κ2) is 8.36. The summed E-state index contributed by atoms with van der Waals surface area (Å²) in [4.78, 5) is 33.4. The van der Waals surface area contributed by atoms with E-state index in [0.29, 0.717) is 11.1 Å². The number of fused-ring (bicyclic) bond motifs is 4. The summed E-state index contributed by atoms with van der Waals surface area (Å²) in [6.45, 7) is 4.86. The molecule has 2 heterocycles. The molecule has 1 N–H and O–H groups in total. The average Bonchev–Trinajstić information content (AvgIpc) is 3.25. The highest BCUT2D eigenvalue weighted by Crippen LogP contribution is 2.34. The second-order valence-corrected chi connectivity index (χ2v) is 9.55. The maximum atomic E-state index is 13.1. The van der Waals surface area contributed by atoms with Crippen LogP contribution in [0.4, 0.5) is 0 Å². The van der Waals surface area contributed by atoms with Crippen LogP contribution >= 0.6 is 0 Å². The number of benzene rings is 4. The lowest BCUT2D eigenvalue weighted by Gasteiger charge is -2.32. The van der Waals surface area contributed by atoms with Crippen LogP contribution in [0.1, 0.15) is 27.6 Å². The van der Waals surface area contributed by atoms with E-state index in [1.807, 2.05) is 41.3 Å². The number of rotatable bonds is 3. The van der Waals surface area contributed by atoms with E-state index in [2.05, 4.69) is 53.3 Å². The number of ketones is 1. The summed E-state index contributed by atoms with van der Waals surface area (Å²) in [6.07, 6.45) is 0. The van der Waals surface area contributed by atoms with Gasteiger partial charge in [-0.3, -0.25) is 9.59 Å². The molecule has 174 valence electrons. The molecule has 0 spiro atoms. The summed E-state index contributed by atoms with van der Waals surface area (Å²) >= 11 is 0. The summed E-state index contributed by atoms with van der Waals surface area (Å²) in [5.41, 5.74) is 5.11. The number of carbonyl (C=O) groups excluding carboxylic acids is 2. The van der Waals surface area contributed by atoms with E-state index in [4.69, 9.17) is 0 Å². The van der Waals surface area contributed by atoms with Crippen LogP contribution in [-0.4, -0.2) is 59.7 Å². The molecular formula is C30H27N3O2. The molecule has 1 fully saturated rings. The molecule has 0 radical (unpaired) electrons. The van der Waals surface area contributed by atoms with Gasteiger partial charge in [0.2, 0.25) is 0 Å². The largest absolute Gasteiger partial charge is 0.354 e. The van der Waals surface area contributed by atoms with E-state index in [0.717, 1.165) is 59.1 Å². The van der Waals surface area contributed by atoms with Gasteiger partial charge in [0.05, 0.1) is 5.52 Å². The molecule has 1 saturated heterocycles. The molecular weight excluding hydrogens is 434 g/mol. The van der Waals surface area contributed by atoms with Crippen molar-refractivity contribution in [2.75, 3.05) is 33.2 Å². The van der Waals surface area contributed by atoms with Crippen molar-refractivity contribution in [3.8, 4) is 11.1 Å². The molecule has 35 heavy (non-hydrogen) atoms. The number of likely N-dealkylation sites (N-methyl/N-ethyl adjacent to an activating group) is 1. The van der Waals surface area contributed by atoms with Crippen LogP contribution in [-0.2, 0) is 0 Å². The minimum atomic E-state index is 0.0120. The number of amides is 1. The van der Waals surface area contributed by atoms with Crippen molar-refractivity contribution in [3.05, 3.63) is 83.9 Å². The molecule has 5 heteroatoms. The summed E-state index contributed by atoms with van der Waals surface area (Å²) in [5.74, 6) is 0.0697. The van der Waals surface area contributed by atoms with Crippen LogP contribution in [0.3, 0.4) is 0 Å². The molecule has 1 aromatic heterocycles. The van der Waals surface area contributed by atoms with Crippen molar-refractivity contribution in [3.63, 3.8) is 0 Å². The highest BCUT2D eigenvalue weighted by atomic mass is 16.2. The smallest absolute Gasteiger partial charge is 0.254 e. The van der Waals surface area contributed by atoms with Gasteiger partial charge >= 0.3 is 0 Å². The maximum Gasteiger partial charge on any atom is 0.254 e. The Kier molecular flexibility index (Phi) is 5.15. The van der Waals surface area contributed by atoms with E-state index in [9.17, 15) is 9.59 Å². The van der Waals surface area contributed by atoms with Crippen LogP contribution < -0.4 is 0 Å². The summed E-state index contributed by atoms with van der Waals surface area (Å²) in [5, 5.41) is 4.36. The zero-order valence-electron chi connectivity index (χ0n) is 20.0. The minimum Gasteiger partial charge on any atom is -0.354 e. The Labute approximate surface area is 203 Å². The number of H-pyrrole nitrogens is 1. The van der Waals surface area contributed by atoms with Crippen LogP contribution in [0.15, 0.2) is 72.8 Å². The number of aromatic amines is 1. The third kappa shape index (κ3) is 3.78. The predicted molar refractivity (Wildman–Crippen MR) is 142 cm³/mol. The van der Waals surface area contributed by atoms with E-state index >= 15 is 0 Å². The number of hydrogen-bond acceptors (Lipinski definition) is 3. The van der Waals surface area contributed by atoms with E-state index < -0.39 is 0 Å². The van der Waals surface area contributed by atoms with Crippen molar-refractivity contribution in [1.29, 1.82) is 0 Å². The lowest BCUT2D eigenvalue weighted by Crippen LogP contribution is -2.47. The average molecular weight is 462 g/mol. The number of nitrogens with one attached hydrogen (secondary N) is 1. The Morgan fingerprint density at radius 1 is 0.771 bits per heavy atom. The number of nitrogens with zero attached hydrogens (tertiary/aromatic N) is 2. The number of carbonyl (C=O) groups is 2. The monoisotopic (exact) mass is 461 g/mol. The zero-order valence-corrected chi connectivity index (χ0v) is 20.0. The van der Waals surface area contributed by atoms with Crippen LogP contribution in [0.25, 0.3) is 43.7 Å². The van der Waals surface area contributed by atoms with Crippen molar-refractivity contribution in [2.45, 2.75) is 6.92 Å². The molecule has 0 aliphatic carbocycles. The Hall–Kier alpha value is -3.96. The van der Waals surface area contributed by atoms with Gasteiger partial charge in [-0.05, 0) is 66.2 Å². The molecule has 1 aliphatic heterocycles. The van der Waals surface area contributed by atoms with Gasteiger partial charge in [-0.1, -0.05) is 42.5 Å². The minimum absolute atomic E-state index is 0.0120. The molecule has 4 aromatic carbocycles. The standard InChI is InChI=1S/C30H27N3O2/c1-19(34)26-16-24(22-8-7-20-5-3-4-6-21(20)15-22)17-27-25-10-9-23(18-28(25)31-29(26)27)30(35)33-13-11-32(2)12-14-33/h3-10,15-18,31H,11-14H2,1-2H3. The normalized spacial score (nSPS) is 14.7. The highest BCUT2D eigenvalue weighted by Gasteiger charge is 2.21. The first kappa shape index (κ1) is 21.6. The Balaban J connectivity index is 1.46. The molecule has 0 atom stereocenters. The fourth-order valence-electron chi connectivity index (χ4n) is 5.14. The lowest BCUT2D eigenvalue weighted by atomic mass is 9.96. The van der Waals surface area contributed by atoms with Crippen molar-refractivity contribution in [1.82, 2.24) is 14.8 Å². The number of Topliss-reactive ketones (excluding diaryl/α,β-unsaturated/α-hetero) is 1. The highest BCUT2D eigenvalue weighted by molar-refractivity contribution is 6.17. The molecule has 6 rings (SSSR count). The van der Waals surface area contributed by atoms with Gasteiger partial charge in [0.1, 0.15) is 0 Å². The van der Waals surface area contributed by atoms with Gasteiger partial charge in [0.25, 0.3) is 5.91 Å². The molecule has 5 aromatic rings. The van der Waals surface area contributed by atoms with Gasteiger partial charge in [0, 0.05) is 53.6 Å². The molecule has 1 amide bonds. The summed E-state index contributed by atoms with van der Waals surface area (Å²) < 4.78 is 0.